The fourth-order valence-corrected chi connectivity index (χ4v) is 1.86. The Labute approximate surface area is 90.7 Å². The van der Waals surface area contributed by atoms with Crippen LogP contribution in [0.5, 0.6) is 11.5 Å². The van der Waals surface area contributed by atoms with Gasteiger partial charge in [0.1, 0.15) is 12.4 Å². The summed E-state index contributed by atoms with van der Waals surface area (Å²) in [7, 11) is 0. The Balaban J connectivity index is 2.02. The maximum atomic E-state index is 9.68. The van der Waals surface area contributed by atoms with E-state index >= 15 is 0 Å². The van der Waals surface area contributed by atoms with Crippen molar-refractivity contribution < 1.29 is 19.4 Å². The van der Waals surface area contributed by atoms with Crippen LogP contribution in [0.1, 0.15) is 12.2 Å². The number of aromatic hydroxyl groups is 1. The summed E-state index contributed by atoms with van der Waals surface area (Å²) in [5, 5.41) is 18.6. The molecule has 0 aromatic carbocycles. The first-order chi connectivity index (χ1) is 7.70. The van der Waals surface area contributed by atoms with Gasteiger partial charge in [-0.25, -0.2) is 4.99 Å². The van der Waals surface area contributed by atoms with Crippen LogP contribution in [0.4, 0.5) is 5.88 Å². The maximum absolute atomic E-state index is 9.68. The predicted molar refractivity (Wildman–Crippen MR) is 54.3 cm³/mol. The molecule has 86 valence electrons. The molecule has 0 saturated heterocycles. The molecule has 1 aromatic heterocycles. The Kier molecular flexibility index (Phi) is 1.78. The molecule has 0 aliphatic carbocycles. The van der Waals surface area contributed by atoms with Crippen LogP contribution in [0, 0.1) is 0 Å². The summed E-state index contributed by atoms with van der Waals surface area (Å²) in [4.78, 5) is 5.85. The normalized spacial score (nSPS) is 22.4. The van der Waals surface area contributed by atoms with E-state index in [9.17, 15) is 5.11 Å². The number of nitrogens with two attached hydrogens (primary N) is 1. The van der Waals surface area contributed by atoms with Gasteiger partial charge in [0.2, 0.25) is 17.4 Å². The Morgan fingerprint density at radius 1 is 1.56 bits per heavy atom. The zero-order valence-corrected chi connectivity index (χ0v) is 8.38. The zero-order valence-electron chi connectivity index (χ0n) is 8.38. The Morgan fingerprint density at radius 2 is 2.38 bits per heavy atom. The lowest BCUT2D eigenvalue weighted by Crippen LogP contribution is -2.41. The largest absolute Gasteiger partial charge is 0.502 e. The Hall–Kier alpha value is -1.89. The molecule has 7 heteroatoms. The van der Waals surface area contributed by atoms with Crippen molar-refractivity contribution in [3.8, 4) is 11.5 Å². The quantitative estimate of drug-likeness (QED) is 0.607. The topological polar surface area (TPSA) is 104 Å². The molecule has 0 spiro atoms. The second-order valence-electron chi connectivity index (χ2n) is 3.67. The molecule has 1 aromatic rings. The SMILES string of the molecule is NC1=NC2Oc3c(oc(CO)c3O)N2CC1. The molecule has 4 N–H and O–H groups in total. The first kappa shape index (κ1) is 9.34. The number of furan rings is 1. The molecule has 16 heavy (non-hydrogen) atoms. The molecular weight excluding hydrogens is 214 g/mol. The van der Waals surface area contributed by atoms with Gasteiger partial charge in [-0.2, -0.15) is 0 Å². The van der Waals surface area contributed by atoms with Crippen molar-refractivity contribution in [3.05, 3.63) is 5.76 Å². The van der Waals surface area contributed by atoms with Gasteiger partial charge < -0.3 is 25.1 Å². The third kappa shape index (κ3) is 1.09. The van der Waals surface area contributed by atoms with E-state index in [0.717, 1.165) is 0 Å². The highest BCUT2D eigenvalue weighted by atomic mass is 16.6. The fraction of sp³-hybridized carbons (Fsp3) is 0.444. The van der Waals surface area contributed by atoms with Gasteiger partial charge in [-0.05, 0) is 0 Å². The monoisotopic (exact) mass is 225 g/mol. The minimum absolute atomic E-state index is 0.103. The summed E-state index contributed by atoms with van der Waals surface area (Å²) in [5.41, 5.74) is 5.60. The molecule has 0 bridgehead atoms. The maximum Gasteiger partial charge on any atom is 0.275 e. The molecule has 2 aliphatic rings. The summed E-state index contributed by atoms with van der Waals surface area (Å²) in [5.74, 6) is 1.09. The highest BCUT2D eigenvalue weighted by molar-refractivity contribution is 5.83. The molecule has 0 radical (unpaired) electrons. The van der Waals surface area contributed by atoms with Crippen molar-refractivity contribution in [1.82, 2.24) is 0 Å². The minimum atomic E-state index is -0.554. The first-order valence-corrected chi connectivity index (χ1v) is 4.91. The highest BCUT2D eigenvalue weighted by Crippen LogP contribution is 2.49. The van der Waals surface area contributed by atoms with Gasteiger partial charge in [0, 0.05) is 13.0 Å². The van der Waals surface area contributed by atoms with Crippen LogP contribution >= 0.6 is 0 Å². The third-order valence-electron chi connectivity index (χ3n) is 2.67. The third-order valence-corrected chi connectivity index (χ3v) is 2.67. The van der Waals surface area contributed by atoms with Crippen LogP contribution in [0.15, 0.2) is 9.41 Å². The number of aliphatic hydroxyl groups excluding tert-OH is 1. The molecule has 7 nitrogen and oxygen atoms in total. The smallest absolute Gasteiger partial charge is 0.275 e. The van der Waals surface area contributed by atoms with Crippen molar-refractivity contribution in [1.29, 1.82) is 0 Å². The molecule has 2 aliphatic heterocycles. The average molecular weight is 225 g/mol. The number of aliphatic hydroxyl groups is 1. The van der Waals surface area contributed by atoms with E-state index in [2.05, 4.69) is 4.99 Å². The van der Waals surface area contributed by atoms with Gasteiger partial charge in [0.05, 0.1) is 0 Å². The second-order valence-corrected chi connectivity index (χ2v) is 3.67. The number of rotatable bonds is 1. The second kappa shape index (κ2) is 3.05. The summed E-state index contributed by atoms with van der Waals surface area (Å²) in [6, 6.07) is 0. The van der Waals surface area contributed by atoms with Gasteiger partial charge in [0.15, 0.2) is 5.76 Å². The summed E-state index contributed by atoms with van der Waals surface area (Å²) in [6.07, 6.45) is 0.0658. The van der Waals surface area contributed by atoms with E-state index in [4.69, 9.17) is 20.0 Å². The molecule has 0 saturated carbocycles. The standard InChI is InChI=1S/C9H11N3O4/c10-5-1-2-12-8-7(16-9(12)11-5)6(14)4(3-13)15-8/h9,13-14H,1-3H2,(H2,10,11). The minimum Gasteiger partial charge on any atom is -0.502 e. The van der Waals surface area contributed by atoms with Crippen LogP contribution in [-0.4, -0.2) is 28.9 Å². The van der Waals surface area contributed by atoms with Gasteiger partial charge in [-0.3, -0.25) is 4.90 Å². The van der Waals surface area contributed by atoms with Crippen LogP contribution < -0.4 is 15.4 Å². The van der Waals surface area contributed by atoms with Crippen molar-refractivity contribution in [2.45, 2.75) is 19.4 Å². The number of nitrogens with zero attached hydrogens (tertiary/aromatic N) is 2. The van der Waals surface area contributed by atoms with E-state index in [-0.39, 0.29) is 23.9 Å². The van der Waals surface area contributed by atoms with Crippen LogP contribution in [0.3, 0.4) is 0 Å². The highest BCUT2D eigenvalue weighted by Gasteiger charge is 2.40. The number of anilines is 1. The van der Waals surface area contributed by atoms with Crippen molar-refractivity contribution in [2.75, 3.05) is 11.4 Å². The zero-order chi connectivity index (χ0) is 11.3. The molecule has 1 unspecified atom stereocenters. The van der Waals surface area contributed by atoms with Gasteiger partial charge in [-0.1, -0.05) is 0 Å². The molecular formula is C9H11N3O4. The molecule has 3 rings (SSSR count). The van der Waals surface area contributed by atoms with E-state index in [1.165, 1.54) is 0 Å². The number of hydrogen-bond donors (Lipinski definition) is 3. The van der Waals surface area contributed by atoms with Crippen molar-refractivity contribution >= 4 is 11.7 Å². The lowest BCUT2D eigenvalue weighted by molar-refractivity contribution is 0.207. The van der Waals surface area contributed by atoms with Crippen LogP contribution in [0.25, 0.3) is 0 Å². The summed E-state index contributed by atoms with van der Waals surface area (Å²) < 4.78 is 10.7. The van der Waals surface area contributed by atoms with Gasteiger partial charge in [-0.15, -0.1) is 0 Å². The lowest BCUT2D eigenvalue weighted by Gasteiger charge is -2.25. The van der Waals surface area contributed by atoms with E-state index < -0.39 is 6.35 Å². The molecule has 1 atom stereocenters. The number of fused-ring (bicyclic) bond motifs is 3. The van der Waals surface area contributed by atoms with E-state index in [1.807, 2.05) is 0 Å². The van der Waals surface area contributed by atoms with Crippen LogP contribution in [-0.2, 0) is 6.61 Å². The predicted octanol–water partition coefficient (Wildman–Crippen LogP) is -0.279. The Morgan fingerprint density at radius 3 is 3.12 bits per heavy atom. The molecule has 0 amide bonds. The first-order valence-electron chi connectivity index (χ1n) is 4.91. The van der Waals surface area contributed by atoms with Gasteiger partial charge >= 0.3 is 0 Å². The fourth-order valence-electron chi connectivity index (χ4n) is 1.86. The average Bonchev–Trinajstić information content (AvgIpc) is 2.75. The Bertz CT molecular complexity index is 468. The van der Waals surface area contributed by atoms with Crippen LogP contribution in [0.2, 0.25) is 0 Å². The molecule has 0 fully saturated rings. The van der Waals surface area contributed by atoms with E-state index in [0.29, 0.717) is 24.7 Å². The number of aliphatic imine (C=N–C) groups is 1. The van der Waals surface area contributed by atoms with E-state index in [1.54, 1.807) is 4.90 Å². The molecule has 3 heterocycles. The number of ether oxygens (including phenoxy) is 1. The number of amidine groups is 1. The van der Waals surface area contributed by atoms with Crippen molar-refractivity contribution in [2.24, 2.45) is 10.7 Å². The van der Waals surface area contributed by atoms with Gasteiger partial charge in [0.25, 0.3) is 6.35 Å². The summed E-state index contributed by atoms with van der Waals surface area (Å²) >= 11 is 0. The number of hydrogen-bond acceptors (Lipinski definition) is 7. The lowest BCUT2D eigenvalue weighted by atomic mass is 10.3. The van der Waals surface area contributed by atoms with Crippen molar-refractivity contribution in [3.63, 3.8) is 0 Å². The summed E-state index contributed by atoms with van der Waals surface area (Å²) in [6.45, 7) is 0.247.